The van der Waals surface area contributed by atoms with E-state index in [0.29, 0.717) is 43.4 Å². The van der Waals surface area contributed by atoms with Crippen LogP contribution < -0.4 is 20.5 Å². The van der Waals surface area contributed by atoms with Crippen LogP contribution in [-0.4, -0.2) is 70.0 Å². The van der Waals surface area contributed by atoms with Crippen LogP contribution in [0.2, 0.25) is 0 Å². The molecule has 3 N–H and O–H groups in total. The maximum Gasteiger partial charge on any atom is 0.254 e. The van der Waals surface area contributed by atoms with Gasteiger partial charge < -0.3 is 34.9 Å². The van der Waals surface area contributed by atoms with E-state index in [1.54, 1.807) is 32.4 Å². The Morgan fingerprint density at radius 1 is 0.976 bits per heavy atom. The molecule has 0 unspecified atom stereocenters. The van der Waals surface area contributed by atoms with Gasteiger partial charge in [-0.2, -0.15) is 0 Å². The van der Waals surface area contributed by atoms with Crippen LogP contribution in [0.5, 0.6) is 11.5 Å². The second-order valence-electron chi connectivity index (χ2n) is 10.7. The smallest absolute Gasteiger partial charge is 0.254 e. The van der Waals surface area contributed by atoms with Gasteiger partial charge in [-0.05, 0) is 66.9 Å². The zero-order valence-electron chi connectivity index (χ0n) is 24.6. The highest BCUT2D eigenvalue weighted by Gasteiger charge is 2.32. The van der Waals surface area contributed by atoms with Crippen molar-refractivity contribution in [2.75, 3.05) is 52.8 Å². The van der Waals surface area contributed by atoms with Gasteiger partial charge in [0.05, 0.1) is 26.4 Å². The van der Waals surface area contributed by atoms with Gasteiger partial charge in [0.15, 0.2) is 11.5 Å². The van der Waals surface area contributed by atoms with Crippen molar-refractivity contribution in [2.24, 2.45) is 5.92 Å². The molecule has 4 rings (SSSR count). The van der Waals surface area contributed by atoms with Crippen LogP contribution in [0.1, 0.15) is 36.2 Å². The Bertz CT molecular complexity index is 1280. The summed E-state index contributed by atoms with van der Waals surface area (Å²) in [6.45, 7) is 7.81. The molecule has 1 amide bonds. The maximum atomic E-state index is 13.7. The molecule has 41 heavy (non-hydrogen) atoms. The first-order valence-corrected chi connectivity index (χ1v) is 14.3. The molecule has 220 valence electrons. The number of nitrogens with two attached hydrogens (primary N) is 1. The van der Waals surface area contributed by atoms with Crippen molar-refractivity contribution in [1.29, 1.82) is 0 Å². The maximum absolute atomic E-state index is 13.7. The van der Waals surface area contributed by atoms with Gasteiger partial charge in [0.25, 0.3) is 5.91 Å². The van der Waals surface area contributed by atoms with E-state index in [4.69, 9.17) is 24.7 Å². The molecule has 1 saturated heterocycles. The van der Waals surface area contributed by atoms with E-state index in [2.05, 4.69) is 29.6 Å². The SMILES string of the molecule is COCCCOc1cc(C(=O)N(C[C@@H]2CNC[C@@H]2OCc2cccc(-c3cccc(N)c3)c2)C(C)C)ccc1OC. The number of nitrogens with zero attached hydrogens (tertiary/aromatic N) is 1. The van der Waals surface area contributed by atoms with Crippen LogP contribution in [0.25, 0.3) is 11.1 Å². The van der Waals surface area contributed by atoms with Crippen molar-refractivity contribution < 1.29 is 23.7 Å². The molecule has 1 aliphatic heterocycles. The highest BCUT2D eigenvalue weighted by molar-refractivity contribution is 5.95. The minimum absolute atomic E-state index is 0.00405. The molecule has 1 aliphatic rings. The lowest BCUT2D eigenvalue weighted by Gasteiger charge is -2.31. The first-order valence-electron chi connectivity index (χ1n) is 14.3. The van der Waals surface area contributed by atoms with Gasteiger partial charge in [0, 0.05) is 63.0 Å². The van der Waals surface area contributed by atoms with Gasteiger partial charge in [0.2, 0.25) is 0 Å². The summed E-state index contributed by atoms with van der Waals surface area (Å²) in [5, 5.41) is 3.46. The van der Waals surface area contributed by atoms with Crippen molar-refractivity contribution in [3.8, 4) is 22.6 Å². The van der Waals surface area contributed by atoms with E-state index < -0.39 is 0 Å². The summed E-state index contributed by atoms with van der Waals surface area (Å²) in [5.41, 5.74) is 10.6. The highest BCUT2D eigenvalue weighted by atomic mass is 16.5. The molecule has 3 aromatic carbocycles. The molecular formula is C33H43N3O5. The fraction of sp³-hybridized carbons (Fsp3) is 0.424. The number of benzene rings is 3. The minimum atomic E-state index is -0.0371. The summed E-state index contributed by atoms with van der Waals surface area (Å²) < 4.78 is 22.9. The summed E-state index contributed by atoms with van der Waals surface area (Å²) in [5.74, 6) is 1.29. The third kappa shape index (κ3) is 8.22. The van der Waals surface area contributed by atoms with Gasteiger partial charge in [-0.25, -0.2) is 0 Å². The summed E-state index contributed by atoms with van der Waals surface area (Å²) in [6, 6.07) is 21.6. The quantitative estimate of drug-likeness (QED) is 0.211. The molecule has 3 aromatic rings. The van der Waals surface area contributed by atoms with Crippen LogP contribution in [-0.2, 0) is 16.1 Å². The average molecular weight is 562 g/mol. The van der Waals surface area contributed by atoms with Crippen LogP contribution in [0, 0.1) is 5.92 Å². The Morgan fingerprint density at radius 3 is 2.49 bits per heavy atom. The highest BCUT2D eigenvalue weighted by Crippen LogP contribution is 2.30. The number of ether oxygens (including phenoxy) is 4. The fourth-order valence-electron chi connectivity index (χ4n) is 5.10. The fourth-order valence-corrected chi connectivity index (χ4v) is 5.10. The van der Waals surface area contributed by atoms with Crippen molar-refractivity contribution >= 4 is 11.6 Å². The van der Waals surface area contributed by atoms with Crippen molar-refractivity contribution in [1.82, 2.24) is 10.2 Å². The number of nitrogen functional groups attached to an aromatic ring is 1. The molecule has 0 spiro atoms. The van der Waals surface area contributed by atoms with Gasteiger partial charge in [-0.3, -0.25) is 4.79 Å². The number of anilines is 1. The molecule has 2 atom stereocenters. The number of carbonyl (C=O) groups excluding carboxylic acids is 1. The van der Waals surface area contributed by atoms with Gasteiger partial charge in [-0.15, -0.1) is 0 Å². The largest absolute Gasteiger partial charge is 0.493 e. The van der Waals surface area contributed by atoms with E-state index in [-0.39, 0.29) is 24.0 Å². The van der Waals surface area contributed by atoms with Gasteiger partial charge >= 0.3 is 0 Å². The molecular weight excluding hydrogens is 518 g/mol. The van der Waals surface area contributed by atoms with Crippen LogP contribution in [0.3, 0.4) is 0 Å². The molecule has 0 saturated carbocycles. The second-order valence-corrected chi connectivity index (χ2v) is 10.7. The Hall–Kier alpha value is -3.59. The normalized spacial score (nSPS) is 16.6. The predicted octanol–water partition coefficient (Wildman–Crippen LogP) is 5.02. The topological polar surface area (TPSA) is 95.3 Å². The molecule has 0 aliphatic carbocycles. The molecule has 0 bridgehead atoms. The lowest BCUT2D eigenvalue weighted by Crippen LogP contribution is -2.43. The number of hydrogen-bond acceptors (Lipinski definition) is 7. The van der Waals surface area contributed by atoms with E-state index in [1.165, 1.54) is 0 Å². The Kier molecular flexibility index (Phi) is 11.0. The first kappa shape index (κ1) is 30.4. The van der Waals surface area contributed by atoms with Gasteiger partial charge in [-0.1, -0.05) is 30.3 Å². The number of rotatable bonds is 14. The average Bonchev–Trinajstić information content (AvgIpc) is 3.43. The third-order valence-electron chi connectivity index (χ3n) is 7.37. The van der Waals surface area contributed by atoms with Crippen molar-refractivity contribution in [3.05, 3.63) is 77.9 Å². The number of amides is 1. The summed E-state index contributed by atoms with van der Waals surface area (Å²) in [6.07, 6.45) is 0.743. The summed E-state index contributed by atoms with van der Waals surface area (Å²) in [7, 11) is 3.26. The predicted molar refractivity (Wildman–Crippen MR) is 162 cm³/mol. The molecule has 8 heteroatoms. The lowest BCUT2D eigenvalue weighted by molar-refractivity contribution is 0.0129. The summed E-state index contributed by atoms with van der Waals surface area (Å²) in [4.78, 5) is 15.6. The van der Waals surface area contributed by atoms with E-state index >= 15 is 0 Å². The molecule has 8 nitrogen and oxygen atoms in total. The Balaban J connectivity index is 1.41. The first-order chi connectivity index (χ1) is 19.9. The standard InChI is InChI=1S/C33H43N3O5/c1-23(2)36(33(37)27-12-13-30(39-4)31(18-27)40-15-7-14-38-3)21-28-19-35-20-32(28)41-22-24-8-5-9-25(16-24)26-10-6-11-29(34)17-26/h5-6,8-13,16-18,23,28,32,35H,7,14-15,19-22,34H2,1-4H3/t28-,32-/m0/s1. The number of hydrogen-bond donors (Lipinski definition) is 2. The number of methoxy groups -OCH3 is 2. The van der Waals surface area contributed by atoms with Crippen LogP contribution >= 0.6 is 0 Å². The molecule has 0 aromatic heterocycles. The minimum Gasteiger partial charge on any atom is -0.493 e. The Morgan fingerprint density at radius 2 is 1.76 bits per heavy atom. The van der Waals surface area contributed by atoms with Crippen molar-refractivity contribution in [3.63, 3.8) is 0 Å². The Labute approximate surface area is 243 Å². The van der Waals surface area contributed by atoms with E-state index in [0.717, 1.165) is 41.9 Å². The lowest BCUT2D eigenvalue weighted by atomic mass is 10.0. The molecule has 0 radical (unpaired) electrons. The van der Waals surface area contributed by atoms with Gasteiger partial charge in [0.1, 0.15) is 0 Å². The number of nitrogens with one attached hydrogen (secondary N) is 1. The van der Waals surface area contributed by atoms with E-state index in [1.807, 2.05) is 43.0 Å². The van der Waals surface area contributed by atoms with Crippen LogP contribution in [0.15, 0.2) is 66.7 Å². The summed E-state index contributed by atoms with van der Waals surface area (Å²) >= 11 is 0. The second kappa shape index (κ2) is 14.9. The molecule has 1 fully saturated rings. The van der Waals surface area contributed by atoms with Crippen molar-refractivity contribution in [2.45, 2.75) is 39.0 Å². The number of carbonyl (C=O) groups is 1. The van der Waals surface area contributed by atoms with Crippen LogP contribution in [0.4, 0.5) is 5.69 Å². The zero-order valence-corrected chi connectivity index (χ0v) is 24.6. The monoisotopic (exact) mass is 561 g/mol. The zero-order chi connectivity index (χ0) is 29.2. The van der Waals surface area contributed by atoms with E-state index in [9.17, 15) is 4.79 Å². The third-order valence-corrected chi connectivity index (χ3v) is 7.37. The molecule has 1 heterocycles.